The van der Waals surface area contributed by atoms with Crippen LogP contribution in [0, 0.1) is 17.5 Å². The fourth-order valence-electron chi connectivity index (χ4n) is 5.89. The Morgan fingerprint density at radius 3 is 2.26 bits per heavy atom. The number of morpholine rings is 1. The zero-order valence-corrected chi connectivity index (χ0v) is 24.5. The Labute approximate surface area is 252 Å². The Balaban J connectivity index is 1.38. The lowest BCUT2D eigenvalue weighted by atomic mass is 9.80. The third-order valence-electron chi connectivity index (χ3n) is 8.20. The minimum Gasteiger partial charge on any atom is -0.359 e. The first-order valence-corrected chi connectivity index (χ1v) is 14.4. The number of likely N-dealkylation sites (tertiary alicyclic amines) is 1. The molecule has 0 aromatic heterocycles. The highest BCUT2D eigenvalue weighted by Crippen LogP contribution is 2.40. The summed E-state index contributed by atoms with van der Waals surface area (Å²) in [6, 6.07) is 14.7. The molecule has 5 rings (SSSR count). The van der Waals surface area contributed by atoms with Gasteiger partial charge in [0, 0.05) is 32.2 Å². The van der Waals surface area contributed by atoms with Crippen molar-refractivity contribution in [1.82, 2.24) is 10.2 Å². The number of carbonyl (C=O) groups is 2. The van der Waals surface area contributed by atoms with Gasteiger partial charge in [0.05, 0.1) is 22.1 Å². The highest BCUT2D eigenvalue weighted by molar-refractivity contribution is 6.42. The number of amides is 2. The SMILES string of the molecule is CC(=O)NC1(c2ccc(F)c(F)c2)CCN(CCC2(c3ccc(Cl)c(Cl)c3)CN(c3ccc(F)cc3)C(=O)CO2)CC1. The van der Waals surface area contributed by atoms with Crippen LogP contribution in [0.25, 0.3) is 0 Å². The van der Waals surface area contributed by atoms with Crippen LogP contribution in [0.15, 0.2) is 60.7 Å². The number of rotatable bonds is 7. The van der Waals surface area contributed by atoms with Gasteiger partial charge >= 0.3 is 0 Å². The molecule has 42 heavy (non-hydrogen) atoms. The Morgan fingerprint density at radius 2 is 1.62 bits per heavy atom. The van der Waals surface area contributed by atoms with E-state index in [1.807, 2.05) is 6.07 Å². The maximum Gasteiger partial charge on any atom is 0.253 e. The minimum atomic E-state index is -0.960. The van der Waals surface area contributed by atoms with Crippen molar-refractivity contribution in [2.24, 2.45) is 0 Å². The molecule has 1 unspecified atom stereocenters. The van der Waals surface area contributed by atoms with Gasteiger partial charge in [0.15, 0.2) is 11.6 Å². The van der Waals surface area contributed by atoms with E-state index in [4.69, 9.17) is 27.9 Å². The topological polar surface area (TPSA) is 61.9 Å². The molecule has 0 aliphatic carbocycles. The first-order valence-electron chi connectivity index (χ1n) is 13.6. The predicted molar refractivity (Wildman–Crippen MR) is 155 cm³/mol. The summed E-state index contributed by atoms with van der Waals surface area (Å²) >= 11 is 12.6. The molecule has 2 amide bonds. The first-order chi connectivity index (χ1) is 20.0. The predicted octanol–water partition coefficient (Wildman–Crippen LogP) is 6.19. The summed E-state index contributed by atoms with van der Waals surface area (Å²) < 4.78 is 47.7. The van der Waals surface area contributed by atoms with Crippen molar-refractivity contribution in [2.75, 3.05) is 37.7 Å². The zero-order chi connectivity index (χ0) is 30.1. The summed E-state index contributed by atoms with van der Waals surface area (Å²) in [5.74, 6) is -2.81. The van der Waals surface area contributed by atoms with Gasteiger partial charge in [-0.15, -0.1) is 0 Å². The van der Waals surface area contributed by atoms with Crippen molar-refractivity contribution in [3.63, 3.8) is 0 Å². The van der Waals surface area contributed by atoms with Crippen LogP contribution < -0.4 is 10.2 Å². The van der Waals surface area contributed by atoms with E-state index in [0.29, 0.717) is 60.2 Å². The number of hydrogen-bond acceptors (Lipinski definition) is 4. The summed E-state index contributed by atoms with van der Waals surface area (Å²) in [5, 5.41) is 3.73. The van der Waals surface area contributed by atoms with Crippen molar-refractivity contribution >= 4 is 40.7 Å². The number of benzene rings is 3. The number of nitrogens with one attached hydrogen (secondary N) is 1. The van der Waals surface area contributed by atoms with E-state index in [1.165, 1.54) is 25.1 Å². The smallest absolute Gasteiger partial charge is 0.253 e. The van der Waals surface area contributed by atoms with Crippen LogP contribution in [-0.2, 0) is 25.5 Å². The van der Waals surface area contributed by atoms with Crippen molar-refractivity contribution in [1.29, 1.82) is 0 Å². The zero-order valence-electron chi connectivity index (χ0n) is 22.9. The van der Waals surface area contributed by atoms with E-state index in [2.05, 4.69) is 10.2 Å². The van der Waals surface area contributed by atoms with Gasteiger partial charge in [-0.1, -0.05) is 35.3 Å². The number of nitrogens with zero attached hydrogens (tertiary/aromatic N) is 2. The number of piperidine rings is 1. The van der Waals surface area contributed by atoms with Crippen LogP contribution in [0.3, 0.4) is 0 Å². The molecule has 2 heterocycles. The summed E-state index contributed by atoms with van der Waals surface area (Å²) in [4.78, 5) is 28.8. The molecular formula is C31H30Cl2F3N3O3. The quantitative estimate of drug-likeness (QED) is 0.343. The van der Waals surface area contributed by atoms with Crippen LogP contribution in [0.2, 0.25) is 10.0 Å². The molecule has 0 spiro atoms. The molecule has 222 valence electrons. The van der Waals surface area contributed by atoms with Crippen LogP contribution in [0.4, 0.5) is 18.9 Å². The molecule has 0 saturated carbocycles. The van der Waals surface area contributed by atoms with Crippen molar-refractivity contribution in [3.05, 3.63) is 99.3 Å². The van der Waals surface area contributed by atoms with Crippen molar-refractivity contribution in [3.8, 4) is 0 Å². The van der Waals surface area contributed by atoms with Gasteiger partial charge in [-0.2, -0.15) is 0 Å². The van der Waals surface area contributed by atoms with Crippen LogP contribution in [-0.4, -0.2) is 49.5 Å². The average molecular weight is 620 g/mol. The lowest BCUT2D eigenvalue weighted by Gasteiger charge is -2.46. The molecule has 2 aliphatic rings. The Morgan fingerprint density at radius 1 is 0.929 bits per heavy atom. The first kappa shape index (κ1) is 30.4. The normalized spacial score (nSPS) is 20.9. The minimum absolute atomic E-state index is 0.175. The summed E-state index contributed by atoms with van der Waals surface area (Å²) in [6.07, 6.45) is 1.45. The third-order valence-corrected chi connectivity index (χ3v) is 8.94. The fraction of sp³-hybridized carbons (Fsp3) is 0.355. The number of hydrogen-bond donors (Lipinski definition) is 1. The van der Waals surface area contributed by atoms with Gasteiger partial charge in [0.25, 0.3) is 5.91 Å². The molecule has 1 atom stereocenters. The maximum atomic E-state index is 14.1. The molecule has 3 aromatic rings. The van der Waals surface area contributed by atoms with Gasteiger partial charge in [-0.3, -0.25) is 9.59 Å². The van der Waals surface area contributed by atoms with Gasteiger partial charge in [0.2, 0.25) is 5.91 Å². The van der Waals surface area contributed by atoms with E-state index < -0.39 is 28.6 Å². The summed E-state index contributed by atoms with van der Waals surface area (Å²) in [6.45, 7) is 3.10. The summed E-state index contributed by atoms with van der Waals surface area (Å²) in [7, 11) is 0. The van der Waals surface area contributed by atoms with Gasteiger partial charge < -0.3 is 19.9 Å². The van der Waals surface area contributed by atoms with Crippen molar-refractivity contribution < 1.29 is 27.5 Å². The van der Waals surface area contributed by atoms with Crippen LogP contribution in [0.1, 0.15) is 37.3 Å². The van der Waals surface area contributed by atoms with Crippen LogP contribution in [0.5, 0.6) is 0 Å². The molecule has 2 aliphatic heterocycles. The Hall–Kier alpha value is -3.11. The van der Waals surface area contributed by atoms with E-state index in [9.17, 15) is 22.8 Å². The van der Waals surface area contributed by atoms with Gasteiger partial charge in [-0.25, -0.2) is 13.2 Å². The molecule has 2 fully saturated rings. The standard InChI is InChI=1S/C31H30Cl2F3N3O3/c1-20(40)37-30(21-3-9-27(35)28(36)17-21)10-13-38(14-11-30)15-12-31(22-2-8-25(32)26(33)16-22)19-39(29(41)18-42-31)24-6-4-23(34)5-7-24/h2-9,16-17H,10-15,18-19H2,1H3,(H,37,40). The number of ether oxygens (including phenoxy) is 1. The van der Waals surface area contributed by atoms with Crippen molar-refractivity contribution in [2.45, 2.75) is 37.3 Å². The molecule has 6 nitrogen and oxygen atoms in total. The number of anilines is 1. The lowest BCUT2D eigenvalue weighted by Crippen LogP contribution is -2.55. The monoisotopic (exact) mass is 619 g/mol. The van der Waals surface area contributed by atoms with E-state index in [1.54, 1.807) is 29.2 Å². The highest BCUT2D eigenvalue weighted by atomic mass is 35.5. The molecule has 3 aromatic carbocycles. The summed E-state index contributed by atoms with van der Waals surface area (Å²) in [5.41, 5.74) is 0.0583. The molecular weight excluding hydrogens is 590 g/mol. The Kier molecular flexibility index (Phi) is 8.85. The van der Waals surface area contributed by atoms with E-state index >= 15 is 0 Å². The number of halogens is 5. The third kappa shape index (κ3) is 6.29. The fourth-order valence-corrected chi connectivity index (χ4v) is 6.18. The lowest BCUT2D eigenvalue weighted by molar-refractivity contribution is -0.141. The largest absolute Gasteiger partial charge is 0.359 e. The molecule has 2 saturated heterocycles. The molecule has 1 N–H and O–H groups in total. The molecule has 0 radical (unpaired) electrons. The molecule has 11 heteroatoms. The second-order valence-corrected chi connectivity index (χ2v) is 11.7. The second kappa shape index (κ2) is 12.2. The van der Waals surface area contributed by atoms with E-state index in [-0.39, 0.29) is 25.0 Å². The van der Waals surface area contributed by atoms with Crippen LogP contribution >= 0.6 is 23.2 Å². The second-order valence-electron chi connectivity index (χ2n) is 10.9. The van der Waals surface area contributed by atoms with Gasteiger partial charge in [0.1, 0.15) is 18.0 Å². The average Bonchev–Trinajstić information content (AvgIpc) is 2.96. The molecule has 0 bridgehead atoms. The highest BCUT2D eigenvalue weighted by Gasteiger charge is 2.43. The van der Waals surface area contributed by atoms with Gasteiger partial charge in [-0.05, 0) is 78.9 Å². The maximum absolute atomic E-state index is 14.1. The number of carbonyl (C=O) groups excluding carboxylic acids is 2. The Bertz CT molecular complexity index is 1480. The van der Waals surface area contributed by atoms with E-state index in [0.717, 1.165) is 17.7 Å².